The van der Waals surface area contributed by atoms with Gasteiger partial charge < -0.3 is 28.5 Å². The Kier molecular flexibility index (Phi) is 12.2. The van der Waals surface area contributed by atoms with Gasteiger partial charge in [-0.25, -0.2) is 9.97 Å². The molecule has 2 aliphatic rings. The number of H-pyrrole nitrogens is 1. The van der Waals surface area contributed by atoms with Crippen molar-refractivity contribution in [3.63, 3.8) is 0 Å². The van der Waals surface area contributed by atoms with Crippen molar-refractivity contribution in [2.75, 3.05) is 28.4 Å². The number of methoxy groups -OCH3 is 4. The van der Waals surface area contributed by atoms with Crippen LogP contribution in [0.1, 0.15) is 61.7 Å². The Bertz CT molecular complexity index is 2890. The number of rotatable bonds is 12. The van der Waals surface area contributed by atoms with Crippen molar-refractivity contribution in [3.05, 3.63) is 189 Å². The van der Waals surface area contributed by atoms with Crippen LogP contribution in [0.3, 0.4) is 0 Å². The molecule has 2 aliphatic heterocycles. The van der Waals surface area contributed by atoms with Gasteiger partial charge in [0.1, 0.15) is 23.0 Å². The molecule has 9 heteroatoms. The zero-order chi connectivity index (χ0) is 41.0. The van der Waals surface area contributed by atoms with Crippen molar-refractivity contribution >= 4 is 46.4 Å². The van der Waals surface area contributed by atoms with Crippen LogP contribution >= 0.6 is 0 Å². The van der Waals surface area contributed by atoms with Crippen LogP contribution in [0, 0.1) is 0 Å². The minimum Gasteiger partial charge on any atom is -0.497 e. The second-order valence-electron chi connectivity index (χ2n) is 15.0. The number of aromatic amines is 1. The largest absolute Gasteiger partial charge is 0.497 e. The molecule has 0 unspecified atom stereocenters. The van der Waals surface area contributed by atoms with Gasteiger partial charge in [0.15, 0.2) is 0 Å². The number of benzene rings is 4. The summed E-state index contributed by atoms with van der Waals surface area (Å²) in [5, 5.41) is 0. The van der Waals surface area contributed by atoms with Gasteiger partial charge in [-0.2, -0.15) is 0 Å². The standard InChI is InChI=1S/C52H46N4O4.Mn/c1-57-43-18-5-34(6-19-43)27-47-48(28-35-7-20-44(58-2)21-8-35)52-49(29-36-9-22-45(59-3)23-10-36)50-26-17-41(55-50)31-40-14-13-38(53-40)30-39-15-16-42(54-39)32-51(47)56(52)33-37-11-24-46(60-4)25-12-37;/h5-26,30-32,53H,27-29,33H2,1-4H3;. The number of ether oxygens (including phenoxy) is 4. The Morgan fingerprint density at radius 2 is 0.852 bits per heavy atom. The fourth-order valence-corrected chi connectivity index (χ4v) is 8.10. The van der Waals surface area contributed by atoms with Gasteiger partial charge in [0.2, 0.25) is 0 Å². The van der Waals surface area contributed by atoms with Crippen LogP contribution in [-0.2, 0) is 42.9 Å². The molecule has 0 saturated heterocycles. The van der Waals surface area contributed by atoms with E-state index in [0.29, 0.717) is 25.8 Å². The molecule has 0 aliphatic carbocycles. The summed E-state index contributed by atoms with van der Waals surface area (Å²) >= 11 is 0. The maximum absolute atomic E-state index is 5.60. The van der Waals surface area contributed by atoms with E-state index >= 15 is 0 Å². The summed E-state index contributed by atoms with van der Waals surface area (Å²) in [7, 11) is 6.81. The summed E-state index contributed by atoms with van der Waals surface area (Å²) in [5.41, 5.74) is 15.9. The van der Waals surface area contributed by atoms with Gasteiger partial charge in [-0.1, -0.05) is 48.5 Å². The predicted octanol–water partition coefficient (Wildman–Crippen LogP) is 11.0. The van der Waals surface area contributed by atoms with Crippen molar-refractivity contribution < 1.29 is 36.0 Å². The van der Waals surface area contributed by atoms with Gasteiger partial charge in [-0.3, -0.25) is 0 Å². The molecule has 7 aromatic rings. The zero-order valence-electron chi connectivity index (χ0n) is 34.6. The van der Waals surface area contributed by atoms with Crippen LogP contribution in [0.15, 0.2) is 127 Å². The fourth-order valence-electron chi connectivity index (χ4n) is 8.10. The van der Waals surface area contributed by atoms with Crippen molar-refractivity contribution in [1.29, 1.82) is 0 Å². The van der Waals surface area contributed by atoms with E-state index in [-0.39, 0.29) is 17.1 Å². The Morgan fingerprint density at radius 1 is 0.443 bits per heavy atom. The number of nitrogens with one attached hydrogen (secondary N) is 1. The third-order valence-corrected chi connectivity index (χ3v) is 11.2. The second-order valence-corrected chi connectivity index (χ2v) is 15.0. The summed E-state index contributed by atoms with van der Waals surface area (Å²) in [4.78, 5) is 14.1. The van der Waals surface area contributed by atoms with Gasteiger partial charge in [0.25, 0.3) is 0 Å². The maximum Gasteiger partial charge on any atom is 0.118 e. The SMILES string of the molecule is COc1ccc(Cc2c(Cc3ccc(OC)cc3)c3c(Cc4ccc(OC)cc4)c4nc(cc5ccc(cc6nc(cc2n3Cc2ccc(OC)cc2)C=C6)[nH]5)C=C4)cc1.[Mn]. The molecule has 9 rings (SSSR count). The number of hydrogen-bond donors (Lipinski definition) is 1. The van der Waals surface area contributed by atoms with E-state index in [4.69, 9.17) is 28.9 Å². The van der Waals surface area contributed by atoms with Crippen LogP contribution in [0.25, 0.3) is 46.4 Å². The van der Waals surface area contributed by atoms with Gasteiger partial charge >= 0.3 is 0 Å². The van der Waals surface area contributed by atoms with E-state index in [1.165, 1.54) is 22.3 Å². The van der Waals surface area contributed by atoms with Crippen molar-refractivity contribution in [2.45, 2.75) is 25.8 Å². The first kappa shape index (κ1) is 41.0. The Balaban J connectivity index is 0.00000514. The van der Waals surface area contributed by atoms with E-state index in [0.717, 1.165) is 84.5 Å². The average Bonchev–Trinajstić information content (AvgIpc) is 4.10. The third kappa shape index (κ3) is 9.04. The van der Waals surface area contributed by atoms with Crippen LogP contribution in [0.5, 0.6) is 23.0 Å². The molecular weight excluding hydrogens is 800 g/mol. The average molecular weight is 846 g/mol. The predicted molar refractivity (Wildman–Crippen MR) is 242 cm³/mol. The minimum atomic E-state index is 0. The van der Waals surface area contributed by atoms with Crippen LogP contribution in [0.2, 0.25) is 0 Å². The third-order valence-electron chi connectivity index (χ3n) is 11.2. The second kappa shape index (κ2) is 18.2. The summed E-state index contributed by atoms with van der Waals surface area (Å²) < 4.78 is 24.9. The molecule has 61 heavy (non-hydrogen) atoms. The molecule has 3 aromatic heterocycles. The minimum absolute atomic E-state index is 0. The molecule has 0 atom stereocenters. The topological polar surface area (TPSA) is 83.4 Å². The quantitative estimate of drug-likeness (QED) is 0.123. The Labute approximate surface area is 366 Å². The molecule has 5 heterocycles. The smallest absolute Gasteiger partial charge is 0.118 e. The molecule has 4 aromatic carbocycles. The van der Waals surface area contributed by atoms with E-state index < -0.39 is 0 Å². The summed E-state index contributed by atoms with van der Waals surface area (Å²) in [6, 6.07) is 44.2. The maximum atomic E-state index is 5.60. The first-order valence-corrected chi connectivity index (χ1v) is 20.1. The van der Waals surface area contributed by atoms with Crippen molar-refractivity contribution in [3.8, 4) is 23.0 Å². The van der Waals surface area contributed by atoms with Gasteiger partial charge in [-0.05, 0) is 149 Å². The summed E-state index contributed by atoms with van der Waals surface area (Å²) in [6.07, 6.45) is 10.4. The van der Waals surface area contributed by atoms with Gasteiger partial charge in [0, 0.05) is 52.1 Å². The summed E-state index contributed by atoms with van der Waals surface area (Å²) in [5.74, 6) is 3.27. The van der Waals surface area contributed by atoms with Crippen LogP contribution < -0.4 is 18.9 Å². The Hall–Kier alpha value is -6.80. The molecule has 0 saturated carbocycles. The normalized spacial score (nSPS) is 11.6. The molecule has 1 radical (unpaired) electrons. The molecule has 0 fully saturated rings. The van der Waals surface area contributed by atoms with Gasteiger partial charge in [0.05, 0.1) is 56.7 Å². The monoisotopic (exact) mass is 845 g/mol. The number of aromatic nitrogens is 4. The molecule has 0 amide bonds. The van der Waals surface area contributed by atoms with Crippen molar-refractivity contribution in [2.24, 2.45) is 0 Å². The number of fused-ring (bicyclic) bond motifs is 8. The zero-order valence-corrected chi connectivity index (χ0v) is 35.8. The fraction of sp³-hybridized carbons (Fsp3) is 0.154. The van der Waals surface area contributed by atoms with E-state index in [9.17, 15) is 0 Å². The molecule has 305 valence electrons. The van der Waals surface area contributed by atoms with Crippen molar-refractivity contribution in [1.82, 2.24) is 19.5 Å². The summed E-state index contributed by atoms with van der Waals surface area (Å²) in [6.45, 7) is 0.596. The molecule has 8 bridgehead atoms. The molecule has 0 spiro atoms. The van der Waals surface area contributed by atoms with E-state index in [2.05, 4.69) is 113 Å². The number of hydrogen-bond acceptors (Lipinski definition) is 6. The van der Waals surface area contributed by atoms with Crippen LogP contribution in [0.4, 0.5) is 0 Å². The molecule has 1 N–H and O–H groups in total. The molecular formula is C52H46MnN4O4. The Morgan fingerprint density at radius 3 is 1.34 bits per heavy atom. The van der Waals surface area contributed by atoms with E-state index in [1.807, 2.05) is 48.5 Å². The van der Waals surface area contributed by atoms with Crippen LogP contribution in [-0.4, -0.2) is 48.0 Å². The first-order valence-electron chi connectivity index (χ1n) is 20.1. The molecule has 8 nitrogen and oxygen atoms in total. The van der Waals surface area contributed by atoms with Gasteiger partial charge in [-0.15, -0.1) is 0 Å². The number of nitrogens with zero attached hydrogens (tertiary/aromatic N) is 3. The first-order chi connectivity index (χ1) is 29.4. The van der Waals surface area contributed by atoms with E-state index in [1.54, 1.807) is 28.4 Å².